The van der Waals surface area contributed by atoms with Crippen molar-refractivity contribution in [2.75, 3.05) is 20.2 Å². The van der Waals surface area contributed by atoms with Crippen LogP contribution in [0.4, 0.5) is 0 Å². The third-order valence-electron chi connectivity index (χ3n) is 6.43. The predicted octanol–water partition coefficient (Wildman–Crippen LogP) is 2.62. The van der Waals surface area contributed by atoms with E-state index < -0.39 is 0 Å². The van der Waals surface area contributed by atoms with Gasteiger partial charge in [0.1, 0.15) is 23.2 Å². The highest BCUT2D eigenvalue weighted by Crippen LogP contribution is 2.55. The molecule has 26 heavy (non-hydrogen) atoms. The molecule has 3 atom stereocenters. The second-order valence-corrected chi connectivity index (χ2v) is 7.63. The molecular weight excluding hydrogens is 330 g/mol. The molecule has 0 unspecified atom stereocenters. The van der Waals surface area contributed by atoms with Gasteiger partial charge in [0.25, 0.3) is 0 Å². The number of hydrogen-bond donors (Lipinski definition) is 0. The smallest absolute Gasteiger partial charge is 0.243 e. The van der Waals surface area contributed by atoms with E-state index in [1.807, 2.05) is 29.2 Å². The first kappa shape index (κ1) is 15.9. The number of carbonyl (C=O) groups is 1. The maximum Gasteiger partial charge on any atom is 0.243 e. The quantitative estimate of drug-likeness (QED) is 0.846. The van der Waals surface area contributed by atoms with E-state index in [1.54, 1.807) is 13.4 Å². The molecule has 6 heteroatoms. The average molecular weight is 353 g/mol. The van der Waals surface area contributed by atoms with Gasteiger partial charge in [-0.25, -0.2) is 0 Å². The number of ether oxygens (including phenoxy) is 1. The molecule has 1 aromatic carbocycles. The monoisotopic (exact) mass is 353 g/mol. The number of hydrogen-bond acceptors (Lipinski definition) is 5. The lowest BCUT2D eigenvalue weighted by molar-refractivity contribution is -0.137. The molecule has 0 radical (unpaired) electrons. The van der Waals surface area contributed by atoms with Crippen molar-refractivity contribution in [1.82, 2.24) is 15.0 Å². The van der Waals surface area contributed by atoms with Crippen LogP contribution in [-0.2, 0) is 11.3 Å². The Bertz CT molecular complexity index is 821. The second-order valence-electron chi connectivity index (χ2n) is 7.63. The van der Waals surface area contributed by atoms with Crippen LogP contribution in [0.15, 0.2) is 41.1 Å². The highest BCUT2D eigenvalue weighted by atomic mass is 16.5. The molecule has 3 saturated heterocycles. The molecule has 1 spiro atoms. The Morgan fingerprint density at radius 1 is 1.38 bits per heavy atom. The first-order valence-corrected chi connectivity index (χ1v) is 9.32. The number of amides is 1. The first-order chi connectivity index (χ1) is 12.7. The van der Waals surface area contributed by atoms with E-state index >= 15 is 0 Å². The number of benzene rings is 1. The maximum atomic E-state index is 13.5. The van der Waals surface area contributed by atoms with Crippen LogP contribution >= 0.6 is 0 Å². The van der Waals surface area contributed by atoms with E-state index in [1.165, 1.54) is 0 Å². The maximum absolute atomic E-state index is 13.5. The minimum atomic E-state index is -0.331. The van der Waals surface area contributed by atoms with E-state index in [-0.39, 0.29) is 17.5 Å². The van der Waals surface area contributed by atoms with Crippen molar-refractivity contribution >= 4 is 5.91 Å². The number of carbonyl (C=O) groups excluding carboxylic acids is 1. The molecule has 3 aliphatic heterocycles. The lowest BCUT2D eigenvalue weighted by Crippen LogP contribution is -2.49. The fraction of sp³-hybridized carbons (Fsp3) is 0.500. The Kier molecular flexibility index (Phi) is 3.57. The lowest BCUT2D eigenvalue weighted by Gasteiger charge is -2.32. The summed E-state index contributed by atoms with van der Waals surface area (Å²) in [6.45, 7) is 2.43. The molecule has 0 saturated carbocycles. The van der Waals surface area contributed by atoms with Gasteiger partial charge in [0.05, 0.1) is 13.2 Å². The minimum Gasteiger partial charge on any atom is -0.497 e. The Balaban J connectivity index is 1.41. The first-order valence-electron chi connectivity index (χ1n) is 9.32. The van der Waals surface area contributed by atoms with Gasteiger partial charge in [0.15, 0.2) is 0 Å². The minimum absolute atomic E-state index is 0.212. The summed E-state index contributed by atoms with van der Waals surface area (Å²) in [5.41, 5.74) is 1.75. The van der Waals surface area contributed by atoms with Gasteiger partial charge >= 0.3 is 0 Å². The van der Waals surface area contributed by atoms with Gasteiger partial charge in [-0.3, -0.25) is 9.69 Å². The summed E-state index contributed by atoms with van der Waals surface area (Å²) in [4.78, 5) is 17.9. The molecular formula is C20H23N3O3. The van der Waals surface area contributed by atoms with Gasteiger partial charge in [0.2, 0.25) is 5.91 Å². The Labute approximate surface area is 152 Å². The Morgan fingerprint density at radius 3 is 3.12 bits per heavy atom. The summed E-state index contributed by atoms with van der Waals surface area (Å²) in [7, 11) is 1.67. The predicted molar refractivity (Wildman–Crippen MR) is 94.4 cm³/mol. The molecule has 0 bridgehead atoms. The molecule has 5 rings (SSSR count). The van der Waals surface area contributed by atoms with Crippen LogP contribution in [0.2, 0.25) is 0 Å². The van der Waals surface area contributed by atoms with Crippen LogP contribution in [-0.4, -0.2) is 46.6 Å². The highest BCUT2D eigenvalue weighted by molar-refractivity contribution is 5.90. The summed E-state index contributed by atoms with van der Waals surface area (Å²) in [6, 6.07) is 10.1. The molecule has 2 aromatic rings. The average Bonchev–Trinajstić information content (AvgIpc) is 3.41. The summed E-state index contributed by atoms with van der Waals surface area (Å²) in [5, 5.41) is 4.16. The van der Waals surface area contributed by atoms with Crippen LogP contribution < -0.4 is 4.74 Å². The SMILES string of the molecule is COc1cccc(CN2C[C@@H]3C[C@@H](c4ccon4)N4CCC[C@@]34C2=O)c1. The fourth-order valence-corrected chi connectivity index (χ4v) is 5.38. The standard InChI is InChI=1S/C20H23N3O3/c1-25-16-5-2-4-14(10-16)12-22-13-15-11-18(17-6-9-26-21-17)23-8-3-7-20(15,23)19(22)24/h2,4-6,9-10,15,18H,3,7-8,11-13H2,1H3/t15-,18-,20-/m0/s1. The van der Waals surface area contributed by atoms with Crippen molar-refractivity contribution in [2.45, 2.75) is 37.4 Å². The van der Waals surface area contributed by atoms with Crippen LogP contribution in [0.5, 0.6) is 5.75 Å². The molecule has 136 valence electrons. The molecule has 6 nitrogen and oxygen atoms in total. The number of methoxy groups -OCH3 is 1. The fourth-order valence-electron chi connectivity index (χ4n) is 5.38. The lowest BCUT2D eigenvalue weighted by atomic mass is 9.85. The van der Waals surface area contributed by atoms with Gasteiger partial charge in [-0.1, -0.05) is 17.3 Å². The van der Waals surface area contributed by atoms with E-state index in [0.717, 1.165) is 49.4 Å². The van der Waals surface area contributed by atoms with E-state index in [4.69, 9.17) is 9.26 Å². The van der Waals surface area contributed by atoms with Gasteiger partial charge in [0, 0.05) is 25.1 Å². The van der Waals surface area contributed by atoms with Crippen molar-refractivity contribution in [3.05, 3.63) is 47.9 Å². The highest BCUT2D eigenvalue weighted by Gasteiger charge is 2.65. The molecule has 1 aromatic heterocycles. The molecule has 4 heterocycles. The summed E-state index contributed by atoms with van der Waals surface area (Å²) in [5.74, 6) is 1.49. The molecule has 3 fully saturated rings. The van der Waals surface area contributed by atoms with E-state index in [0.29, 0.717) is 12.5 Å². The summed E-state index contributed by atoms with van der Waals surface area (Å²) in [6.07, 6.45) is 4.64. The van der Waals surface area contributed by atoms with Crippen LogP contribution in [0.3, 0.4) is 0 Å². The Morgan fingerprint density at radius 2 is 2.31 bits per heavy atom. The van der Waals surface area contributed by atoms with Crippen molar-refractivity contribution in [3.8, 4) is 5.75 Å². The van der Waals surface area contributed by atoms with Gasteiger partial charge in [-0.05, 0) is 43.5 Å². The third-order valence-corrected chi connectivity index (χ3v) is 6.43. The third kappa shape index (κ3) is 2.14. The molecule has 3 aliphatic rings. The van der Waals surface area contributed by atoms with Crippen LogP contribution in [0.1, 0.15) is 36.6 Å². The zero-order valence-electron chi connectivity index (χ0n) is 14.9. The van der Waals surface area contributed by atoms with Crippen molar-refractivity contribution in [3.63, 3.8) is 0 Å². The summed E-state index contributed by atoms with van der Waals surface area (Å²) < 4.78 is 10.4. The number of nitrogens with zero attached hydrogens (tertiary/aromatic N) is 3. The van der Waals surface area contributed by atoms with E-state index in [2.05, 4.69) is 16.1 Å². The molecule has 0 N–H and O–H groups in total. The number of aromatic nitrogens is 1. The summed E-state index contributed by atoms with van der Waals surface area (Å²) >= 11 is 0. The van der Waals surface area contributed by atoms with Crippen molar-refractivity contribution in [1.29, 1.82) is 0 Å². The van der Waals surface area contributed by atoms with Gasteiger partial charge in [-0.15, -0.1) is 0 Å². The topological polar surface area (TPSA) is 58.8 Å². The van der Waals surface area contributed by atoms with Gasteiger partial charge in [-0.2, -0.15) is 0 Å². The number of likely N-dealkylation sites (tertiary alicyclic amines) is 1. The van der Waals surface area contributed by atoms with Crippen molar-refractivity contribution in [2.24, 2.45) is 5.92 Å². The van der Waals surface area contributed by atoms with Gasteiger partial charge < -0.3 is 14.2 Å². The second kappa shape index (κ2) is 5.84. The van der Waals surface area contributed by atoms with E-state index in [9.17, 15) is 4.79 Å². The molecule has 0 aliphatic carbocycles. The molecule has 1 amide bonds. The largest absolute Gasteiger partial charge is 0.497 e. The Hall–Kier alpha value is -2.34. The van der Waals surface area contributed by atoms with Crippen molar-refractivity contribution < 1.29 is 14.1 Å². The number of rotatable bonds is 4. The zero-order chi connectivity index (χ0) is 17.7. The van der Waals surface area contributed by atoms with Crippen LogP contribution in [0, 0.1) is 5.92 Å². The van der Waals surface area contributed by atoms with Crippen LogP contribution in [0.25, 0.3) is 0 Å². The zero-order valence-corrected chi connectivity index (χ0v) is 14.9. The normalized spacial score (nSPS) is 30.7.